The van der Waals surface area contributed by atoms with Gasteiger partial charge in [-0.25, -0.2) is 14.5 Å². The van der Waals surface area contributed by atoms with E-state index in [1.165, 1.54) is 0 Å². The van der Waals surface area contributed by atoms with E-state index >= 15 is 0 Å². The fourth-order valence-electron chi connectivity index (χ4n) is 2.69. The van der Waals surface area contributed by atoms with Crippen molar-refractivity contribution in [2.24, 2.45) is 0 Å². The maximum atomic E-state index is 12.5. The minimum atomic E-state index is -0.329. The third kappa shape index (κ3) is 4.33. The molecule has 8 heteroatoms. The standard InChI is InChI=1S/C19H25N7O/c1-19(2,3)24-18(27)14-12-22-26-10-8-15(23-17(14)26)21-11-13-7-6-9-20-16(13)25(4)5/h6-10,12H,11H2,1-5H3,(H,21,23)(H,24,27). The van der Waals surface area contributed by atoms with Crippen molar-refractivity contribution in [1.82, 2.24) is 24.9 Å². The number of fused-ring (bicyclic) bond motifs is 1. The Balaban J connectivity index is 1.83. The molecule has 3 aromatic heterocycles. The Morgan fingerprint density at radius 1 is 1.26 bits per heavy atom. The molecule has 0 saturated heterocycles. The number of rotatable bonds is 5. The number of amides is 1. The summed E-state index contributed by atoms with van der Waals surface area (Å²) in [7, 11) is 3.92. The zero-order valence-electron chi connectivity index (χ0n) is 16.3. The Kier molecular flexibility index (Phi) is 4.98. The lowest BCUT2D eigenvalue weighted by Gasteiger charge is -2.19. The molecular weight excluding hydrogens is 342 g/mol. The molecule has 142 valence electrons. The van der Waals surface area contributed by atoms with E-state index < -0.39 is 0 Å². The number of carbonyl (C=O) groups is 1. The lowest BCUT2D eigenvalue weighted by molar-refractivity contribution is 0.0921. The van der Waals surface area contributed by atoms with Crippen molar-refractivity contribution in [3.63, 3.8) is 0 Å². The fourth-order valence-corrected chi connectivity index (χ4v) is 2.69. The van der Waals surface area contributed by atoms with Gasteiger partial charge in [-0.3, -0.25) is 4.79 Å². The van der Waals surface area contributed by atoms with Gasteiger partial charge in [0.25, 0.3) is 5.91 Å². The smallest absolute Gasteiger partial charge is 0.257 e. The van der Waals surface area contributed by atoms with Gasteiger partial charge in [0.2, 0.25) is 0 Å². The number of anilines is 2. The molecule has 0 atom stereocenters. The lowest BCUT2D eigenvalue weighted by Crippen LogP contribution is -2.40. The molecule has 27 heavy (non-hydrogen) atoms. The van der Waals surface area contributed by atoms with Crippen LogP contribution in [-0.2, 0) is 6.54 Å². The molecule has 0 saturated carbocycles. The number of nitrogens with zero attached hydrogens (tertiary/aromatic N) is 5. The third-order valence-corrected chi connectivity index (χ3v) is 3.85. The van der Waals surface area contributed by atoms with E-state index in [0.29, 0.717) is 23.6 Å². The second-order valence-corrected chi connectivity index (χ2v) is 7.58. The normalized spacial score (nSPS) is 11.4. The maximum absolute atomic E-state index is 12.5. The predicted octanol–water partition coefficient (Wildman–Crippen LogP) is 2.33. The van der Waals surface area contributed by atoms with Gasteiger partial charge in [0, 0.05) is 44.1 Å². The first-order valence-electron chi connectivity index (χ1n) is 8.76. The molecule has 3 rings (SSSR count). The quantitative estimate of drug-likeness (QED) is 0.720. The highest BCUT2D eigenvalue weighted by Crippen LogP contribution is 2.17. The average molecular weight is 367 g/mol. The van der Waals surface area contributed by atoms with Gasteiger partial charge < -0.3 is 15.5 Å². The Morgan fingerprint density at radius 2 is 2.04 bits per heavy atom. The zero-order valence-corrected chi connectivity index (χ0v) is 16.3. The van der Waals surface area contributed by atoms with Crippen LogP contribution in [0, 0.1) is 0 Å². The van der Waals surface area contributed by atoms with Crippen LogP contribution in [0.2, 0.25) is 0 Å². The molecule has 0 radical (unpaired) electrons. The van der Waals surface area contributed by atoms with Gasteiger partial charge in [-0.15, -0.1) is 0 Å². The molecule has 1 amide bonds. The number of hydrogen-bond donors (Lipinski definition) is 2. The van der Waals surface area contributed by atoms with Crippen LogP contribution < -0.4 is 15.5 Å². The van der Waals surface area contributed by atoms with E-state index in [0.717, 1.165) is 11.4 Å². The van der Waals surface area contributed by atoms with Gasteiger partial charge in [-0.05, 0) is 32.9 Å². The van der Waals surface area contributed by atoms with Crippen molar-refractivity contribution < 1.29 is 4.79 Å². The summed E-state index contributed by atoms with van der Waals surface area (Å²) >= 11 is 0. The summed E-state index contributed by atoms with van der Waals surface area (Å²) in [6.45, 7) is 6.38. The van der Waals surface area contributed by atoms with Crippen molar-refractivity contribution in [3.05, 3.63) is 47.9 Å². The topological polar surface area (TPSA) is 87.5 Å². The summed E-state index contributed by atoms with van der Waals surface area (Å²) in [6.07, 6.45) is 5.10. The fraction of sp³-hybridized carbons (Fsp3) is 0.368. The highest BCUT2D eigenvalue weighted by atomic mass is 16.1. The first-order valence-corrected chi connectivity index (χ1v) is 8.76. The SMILES string of the molecule is CN(C)c1ncccc1CNc1ccn2ncc(C(=O)NC(C)(C)C)c2n1. The number of pyridine rings is 1. The first-order chi connectivity index (χ1) is 12.7. The summed E-state index contributed by atoms with van der Waals surface area (Å²) in [5.41, 5.74) is 1.69. The van der Waals surface area contributed by atoms with Crippen LogP contribution in [-0.4, -0.2) is 45.1 Å². The predicted molar refractivity (Wildman–Crippen MR) is 106 cm³/mol. The molecule has 0 aliphatic carbocycles. The van der Waals surface area contributed by atoms with Gasteiger partial charge in [-0.1, -0.05) is 6.07 Å². The number of nitrogens with one attached hydrogen (secondary N) is 2. The number of aromatic nitrogens is 4. The largest absolute Gasteiger partial charge is 0.366 e. The molecule has 0 aliphatic rings. The van der Waals surface area contributed by atoms with Crippen LogP contribution >= 0.6 is 0 Å². The summed E-state index contributed by atoms with van der Waals surface area (Å²) in [5.74, 6) is 1.38. The molecule has 2 N–H and O–H groups in total. The summed E-state index contributed by atoms with van der Waals surface area (Å²) in [5, 5.41) is 10.5. The van der Waals surface area contributed by atoms with E-state index in [4.69, 9.17) is 0 Å². The molecule has 0 spiro atoms. The van der Waals surface area contributed by atoms with Crippen LogP contribution in [0.15, 0.2) is 36.8 Å². The van der Waals surface area contributed by atoms with Gasteiger partial charge in [0.05, 0.1) is 6.20 Å². The lowest BCUT2D eigenvalue weighted by atomic mass is 10.1. The molecule has 0 unspecified atom stereocenters. The average Bonchev–Trinajstić information content (AvgIpc) is 3.02. The van der Waals surface area contributed by atoms with Gasteiger partial charge in [0.15, 0.2) is 5.65 Å². The van der Waals surface area contributed by atoms with Crippen LogP contribution in [0.3, 0.4) is 0 Å². The molecule has 0 fully saturated rings. The molecule has 0 aliphatic heterocycles. The Hall–Kier alpha value is -3.16. The number of hydrogen-bond acceptors (Lipinski definition) is 6. The second kappa shape index (κ2) is 7.22. The van der Waals surface area contributed by atoms with E-state index in [1.54, 1.807) is 23.1 Å². The molecule has 3 aromatic rings. The summed E-state index contributed by atoms with van der Waals surface area (Å²) < 4.78 is 1.60. The van der Waals surface area contributed by atoms with E-state index in [9.17, 15) is 4.79 Å². The minimum absolute atomic E-state index is 0.190. The van der Waals surface area contributed by atoms with E-state index in [2.05, 4.69) is 25.7 Å². The van der Waals surface area contributed by atoms with Crippen molar-refractivity contribution in [2.45, 2.75) is 32.9 Å². The highest BCUT2D eigenvalue weighted by Gasteiger charge is 2.19. The van der Waals surface area contributed by atoms with Crippen LogP contribution in [0.25, 0.3) is 5.65 Å². The van der Waals surface area contributed by atoms with E-state index in [-0.39, 0.29) is 11.4 Å². The molecule has 0 bridgehead atoms. The Labute approximate surface area is 158 Å². The molecule has 0 aromatic carbocycles. The molecule has 8 nitrogen and oxygen atoms in total. The monoisotopic (exact) mass is 367 g/mol. The number of carbonyl (C=O) groups excluding carboxylic acids is 1. The van der Waals surface area contributed by atoms with Gasteiger partial charge in [-0.2, -0.15) is 5.10 Å². The Bertz CT molecular complexity index is 956. The van der Waals surface area contributed by atoms with Crippen molar-refractivity contribution in [1.29, 1.82) is 0 Å². The van der Waals surface area contributed by atoms with Crippen LogP contribution in [0.5, 0.6) is 0 Å². The highest BCUT2D eigenvalue weighted by molar-refractivity contribution is 6.00. The summed E-state index contributed by atoms with van der Waals surface area (Å²) in [6, 6.07) is 5.76. The summed E-state index contributed by atoms with van der Waals surface area (Å²) in [4.78, 5) is 23.5. The third-order valence-electron chi connectivity index (χ3n) is 3.85. The maximum Gasteiger partial charge on any atom is 0.257 e. The Morgan fingerprint density at radius 3 is 2.74 bits per heavy atom. The molecule has 3 heterocycles. The van der Waals surface area contributed by atoms with Crippen molar-refractivity contribution >= 4 is 23.2 Å². The first kappa shape index (κ1) is 18.6. The van der Waals surface area contributed by atoms with Gasteiger partial charge >= 0.3 is 0 Å². The van der Waals surface area contributed by atoms with Crippen LogP contribution in [0.4, 0.5) is 11.6 Å². The minimum Gasteiger partial charge on any atom is -0.366 e. The van der Waals surface area contributed by atoms with Crippen LogP contribution in [0.1, 0.15) is 36.7 Å². The van der Waals surface area contributed by atoms with Crippen molar-refractivity contribution in [2.75, 3.05) is 24.3 Å². The molecular formula is C19H25N7O. The zero-order chi connectivity index (χ0) is 19.6. The second-order valence-electron chi connectivity index (χ2n) is 7.58. The van der Waals surface area contributed by atoms with E-state index in [1.807, 2.05) is 58.0 Å². The van der Waals surface area contributed by atoms with Crippen molar-refractivity contribution in [3.8, 4) is 0 Å². The van der Waals surface area contributed by atoms with Gasteiger partial charge in [0.1, 0.15) is 17.2 Å².